The lowest BCUT2D eigenvalue weighted by Gasteiger charge is -2.07. The summed E-state index contributed by atoms with van der Waals surface area (Å²) < 4.78 is 10.7. The van der Waals surface area contributed by atoms with E-state index in [1.807, 2.05) is 6.07 Å². The molecule has 0 radical (unpaired) electrons. The summed E-state index contributed by atoms with van der Waals surface area (Å²) in [5.41, 5.74) is 0.769. The SMILES string of the molecule is COc1cccc(C(=O)/C(C#N)=C/c2cc(O)c(OC)cc2Br)c1. The first kappa shape index (κ1) is 17.6. The third-order valence-corrected chi connectivity index (χ3v) is 3.98. The van der Waals surface area contributed by atoms with Crippen molar-refractivity contribution in [1.82, 2.24) is 0 Å². The van der Waals surface area contributed by atoms with E-state index in [4.69, 9.17) is 9.47 Å². The first-order valence-electron chi connectivity index (χ1n) is 6.87. The summed E-state index contributed by atoms with van der Waals surface area (Å²) in [6, 6.07) is 11.4. The van der Waals surface area contributed by atoms with Crippen molar-refractivity contribution in [2.45, 2.75) is 0 Å². The van der Waals surface area contributed by atoms with Gasteiger partial charge in [0.1, 0.15) is 17.4 Å². The Morgan fingerprint density at radius 2 is 2.00 bits per heavy atom. The summed E-state index contributed by atoms with van der Waals surface area (Å²) in [5, 5.41) is 19.2. The highest BCUT2D eigenvalue weighted by Crippen LogP contribution is 2.33. The van der Waals surface area contributed by atoms with Gasteiger partial charge in [-0.2, -0.15) is 5.26 Å². The standard InChI is InChI=1S/C18H14BrNO4/c1-23-14-5-3-4-11(7-14)18(22)13(10-20)6-12-8-16(21)17(24-2)9-15(12)19/h3-9,21H,1-2H3/b13-6+. The number of phenols is 1. The molecule has 0 aliphatic heterocycles. The lowest BCUT2D eigenvalue weighted by molar-refractivity contribution is 0.103. The Morgan fingerprint density at radius 3 is 2.62 bits per heavy atom. The Hall–Kier alpha value is -2.78. The summed E-state index contributed by atoms with van der Waals surface area (Å²) in [7, 11) is 2.94. The van der Waals surface area contributed by atoms with Gasteiger partial charge in [0.05, 0.1) is 14.2 Å². The van der Waals surface area contributed by atoms with Crippen molar-refractivity contribution in [2.75, 3.05) is 14.2 Å². The number of allylic oxidation sites excluding steroid dienone is 1. The minimum Gasteiger partial charge on any atom is -0.504 e. The van der Waals surface area contributed by atoms with Gasteiger partial charge in [0, 0.05) is 10.0 Å². The van der Waals surface area contributed by atoms with Crippen LogP contribution in [-0.2, 0) is 0 Å². The molecule has 0 fully saturated rings. The highest BCUT2D eigenvalue weighted by atomic mass is 79.9. The normalized spacial score (nSPS) is 10.8. The number of Topliss-reactive ketones (excluding diaryl/α,β-unsaturated/α-hetero) is 1. The maximum absolute atomic E-state index is 12.5. The van der Waals surface area contributed by atoms with Gasteiger partial charge in [-0.25, -0.2) is 0 Å². The molecule has 0 saturated heterocycles. The van der Waals surface area contributed by atoms with Crippen molar-refractivity contribution in [3.05, 3.63) is 57.6 Å². The van der Waals surface area contributed by atoms with E-state index in [0.717, 1.165) is 0 Å². The Morgan fingerprint density at radius 1 is 1.25 bits per heavy atom. The molecule has 0 bridgehead atoms. The third-order valence-electron chi connectivity index (χ3n) is 3.30. The molecule has 0 spiro atoms. The minimum absolute atomic E-state index is 0.0616. The van der Waals surface area contributed by atoms with E-state index >= 15 is 0 Å². The average Bonchev–Trinajstić information content (AvgIpc) is 2.61. The number of ketones is 1. The van der Waals surface area contributed by atoms with E-state index in [1.165, 1.54) is 26.4 Å². The van der Waals surface area contributed by atoms with Crippen LogP contribution in [0.1, 0.15) is 15.9 Å². The number of carbonyl (C=O) groups is 1. The van der Waals surface area contributed by atoms with Gasteiger partial charge in [-0.3, -0.25) is 4.79 Å². The zero-order valence-electron chi connectivity index (χ0n) is 13.0. The summed E-state index contributed by atoms with van der Waals surface area (Å²) in [6.07, 6.45) is 1.41. The van der Waals surface area contributed by atoms with Gasteiger partial charge in [-0.05, 0) is 35.9 Å². The average molecular weight is 388 g/mol. The molecule has 1 N–H and O–H groups in total. The molecule has 5 nitrogen and oxygen atoms in total. The van der Waals surface area contributed by atoms with E-state index in [-0.39, 0.29) is 17.1 Å². The molecule has 0 atom stereocenters. The molecular formula is C18H14BrNO4. The van der Waals surface area contributed by atoms with Crippen molar-refractivity contribution >= 4 is 27.8 Å². The first-order valence-corrected chi connectivity index (χ1v) is 7.66. The molecule has 122 valence electrons. The van der Waals surface area contributed by atoms with Crippen molar-refractivity contribution in [3.63, 3.8) is 0 Å². The van der Waals surface area contributed by atoms with Crippen LogP contribution in [0.25, 0.3) is 6.08 Å². The van der Waals surface area contributed by atoms with E-state index in [1.54, 1.807) is 30.3 Å². The second-order valence-electron chi connectivity index (χ2n) is 4.78. The van der Waals surface area contributed by atoms with E-state index in [0.29, 0.717) is 21.3 Å². The van der Waals surface area contributed by atoms with E-state index in [9.17, 15) is 15.2 Å². The highest BCUT2D eigenvalue weighted by Gasteiger charge is 2.15. The lowest BCUT2D eigenvalue weighted by Crippen LogP contribution is -2.02. The molecule has 0 heterocycles. The largest absolute Gasteiger partial charge is 0.504 e. The van der Waals surface area contributed by atoms with Crippen molar-refractivity contribution in [3.8, 4) is 23.3 Å². The molecule has 0 aliphatic carbocycles. The van der Waals surface area contributed by atoms with Crippen LogP contribution in [0.4, 0.5) is 0 Å². The smallest absolute Gasteiger partial charge is 0.203 e. The van der Waals surface area contributed by atoms with E-state index in [2.05, 4.69) is 15.9 Å². The number of methoxy groups -OCH3 is 2. The Labute approximate surface area is 147 Å². The number of aromatic hydroxyl groups is 1. The fourth-order valence-corrected chi connectivity index (χ4v) is 2.49. The molecule has 6 heteroatoms. The topological polar surface area (TPSA) is 79.6 Å². The highest BCUT2D eigenvalue weighted by molar-refractivity contribution is 9.10. The van der Waals surface area contributed by atoms with E-state index < -0.39 is 5.78 Å². The number of hydrogen-bond donors (Lipinski definition) is 1. The number of nitriles is 1. The number of hydrogen-bond acceptors (Lipinski definition) is 5. The maximum atomic E-state index is 12.5. The predicted molar refractivity (Wildman–Crippen MR) is 93.3 cm³/mol. The molecule has 24 heavy (non-hydrogen) atoms. The third kappa shape index (κ3) is 3.76. The van der Waals surface area contributed by atoms with Crippen molar-refractivity contribution < 1.29 is 19.4 Å². The molecule has 0 saturated carbocycles. The quantitative estimate of drug-likeness (QED) is 0.477. The van der Waals surface area contributed by atoms with Gasteiger partial charge in [0.2, 0.25) is 5.78 Å². The van der Waals surface area contributed by atoms with Crippen LogP contribution in [0.2, 0.25) is 0 Å². The number of phenolic OH excluding ortho intramolecular Hbond substituents is 1. The van der Waals surface area contributed by atoms with Crippen LogP contribution in [0, 0.1) is 11.3 Å². The zero-order chi connectivity index (χ0) is 17.7. The summed E-state index contributed by atoms with van der Waals surface area (Å²) in [5.74, 6) is 0.301. The molecule has 0 aliphatic rings. The molecule has 2 aromatic rings. The van der Waals surface area contributed by atoms with Crippen LogP contribution >= 0.6 is 15.9 Å². The number of nitrogens with zero attached hydrogens (tertiary/aromatic N) is 1. The van der Waals surface area contributed by atoms with Crippen LogP contribution in [0.15, 0.2) is 46.4 Å². The number of benzene rings is 2. The first-order chi connectivity index (χ1) is 11.5. The van der Waals surface area contributed by atoms with Gasteiger partial charge in [-0.1, -0.05) is 28.1 Å². The number of halogens is 1. The van der Waals surface area contributed by atoms with Gasteiger partial charge in [0.25, 0.3) is 0 Å². The van der Waals surface area contributed by atoms with Crippen LogP contribution < -0.4 is 9.47 Å². The molecule has 2 aromatic carbocycles. The van der Waals surface area contributed by atoms with Gasteiger partial charge in [-0.15, -0.1) is 0 Å². The molecular weight excluding hydrogens is 374 g/mol. The van der Waals surface area contributed by atoms with Crippen LogP contribution in [0.3, 0.4) is 0 Å². The Bertz CT molecular complexity index is 853. The second-order valence-corrected chi connectivity index (χ2v) is 5.63. The van der Waals surface area contributed by atoms with Crippen molar-refractivity contribution in [1.29, 1.82) is 5.26 Å². The predicted octanol–water partition coefficient (Wildman–Crippen LogP) is 3.96. The van der Waals surface area contributed by atoms with Gasteiger partial charge in [0.15, 0.2) is 11.5 Å². The fraction of sp³-hybridized carbons (Fsp3) is 0.111. The Balaban J connectivity index is 2.44. The molecule has 2 rings (SSSR count). The second kappa shape index (κ2) is 7.66. The molecule has 0 aromatic heterocycles. The van der Waals surface area contributed by atoms with Crippen molar-refractivity contribution in [2.24, 2.45) is 0 Å². The summed E-state index contributed by atoms with van der Waals surface area (Å²) >= 11 is 3.33. The van der Waals surface area contributed by atoms with Gasteiger partial charge < -0.3 is 14.6 Å². The van der Waals surface area contributed by atoms with Crippen LogP contribution in [-0.4, -0.2) is 25.1 Å². The number of rotatable bonds is 5. The number of ether oxygens (including phenoxy) is 2. The minimum atomic E-state index is -0.432. The summed E-state index contributed by atoms with van der Waals surface area (Å²) in [4.78, 5) is 12.5. The number of carbonyl (C=O) groups excluding carboxylic acids is 1. The molecule has 0 unspecified atom stereocenters. The maximum Gasteiger partial charge on any atom is 0.203 e. The van der Waals surface area contributed by atoms with Crippen LogP contribution in [0.5, 0.6) is 17.2 Å². The monoisotopic (exact) mass is 387 g/mol. The summed E-state index contributed by atoms with van der Waals surface area (Å²) in [6.45, 7) is 0. The lowest BCUT2D eigenvalue weighted by atomic mass is 10.0. The van der Waals surface area contributed by atoms with Gasteiger partial charge >= 0.3 is 0 Å². The molecule has 0 amide bonds. The fourth-order valence-electron chi connectivity index (χ4n) is 2.06. The Kier molecular flexibility index (Phi) is 5.61. The zero-order valence-corrected chi connectivity index (χ0v) is 14.6.